The number of ether oxygens (including phenoxy) is 1. The highest BCUT2D eigenvalue weighted by Gasteiger charge is 2.29. The maximum atomic E-state index is 13.6. The van der Waals surface area contributed by atoms with E-state index in [1.165, 1.54) is 23.1 Å². The van der Waals surface area contributed by atoms with Gasteiger partial charge in [-0.2, -0.15) is 0 Å². The molecule has 0 aliphatic carbocycles. The standard InChI is InChI=1S/C15H21F2N3O3/c1-15(16,17)12-10-11(18)2-3-13(12)23-9-8-19-4-6-20(7-5-19)14(21)22/h2-3,10H,4-9,18H2,1H3,(H,21,22). The number of benzene rings is 1. The van der Waals surface area contributed by atoms with E-state index in [1.807, 2.05) is 4.90 Å². The summed E-state index contributed by atoms with van der Waals surface area (Å²) in [5, 5.41) is 8.88. The molecule has 0 spiro atoms. The summed E-state index contributed by atoms with van der Waals surface area (Å²) >= 11 is 0. The molecule has 0 atom stereocenters. The summed E-state index contributed by atoms with van der Waals surface area (Å²) in [5.41, 5.74) is 5.59. The van der Waals surface area contributed by atoms with Crippen LogP contribution in [0.15, 0.2) is 18.2 Å². The molecule has 2 rings (SSSR count). The fourth-order valence-corrected chi connectivity index (χ4v) is 2.46. The number of nitrogens with zero attached hydrogens (tertiary/aromatic N) is 2. The minimum absolute atomic E-state index is 0.121. The summed E-state index contributed by atoms with van der Waals surface area (Å²) in [6, 6.07) is 4.20. The first-order valence-corrected chi connectivity index (χ1v) is 7.38. The molecule has 0 aromatic heterocycles. The van der Waals surface area contributed by atoms with E-state index in [4.69, 9.17) is 15.6 Å². The number of alkyl halides is 2. The first-order chi connectivity index (χ1) is 10.8. The Morgan fingerprint density at radius 2 is 2.00 bits per heavy atom. The summed E-state index contributed by atoms with van der Waals surface area (Å²) in [6.45, 7) is 3.69. The van der Waals surface area contributed by atoms with Crippen LogP contribution in [0, 0.1) is 0 Å². The number of carboxylic acid groups (broad SMARTS) is 1. The second-order valence-corrected chi connectivity index (χ2v) is 5.60. The number of halogens is 2. The van der Waals surface area contributed by atoms with Gasteiger partial charge in [-0.1, -0.05) is 0 Å². The molecule has 128 valence electrons. The lowest BCUT2D eigenvalue weighted by Crippen LogP contribution is -2.49. The molecule has 8 heteroatoms. The van der Waals surface area contributed by atoms with E-state index in [2.05, 4.69) is 0 Å². The first-order valence-electron chi connectivity index (χ1n) is 7.38. The molecule has 0 unspecified atom stereocenters. The highest BCUT2D eigenvalue weighted by atomic mass is 19.3. The van der Waals surface area contributed by atoms with Gasteiger partial charge >= 0.3 is 6.09 Å². The fourth-order valence-electron chi connectivity index (χ4n) is 2.46. The van der Waals surface area contributed by atoms with Crippen LogP contribution in [-0.4, -0.2) is 60.3 Å². The smallest absolute Gasteiger partial charge is 0.407 e. The molecule has 1 aromatic carbocycles. The fraction of sp³-hybridized carbons (Fsp3) is 0.533. The van der Waals surface area contributed by atoms with Crippen molar-refractivity contribution in [1.82, 2.24) is 9.80 Å². The molecule has 0 bridgehead atoms. The Hall–Kier alpha value is -2.09. The molecule has 1 amide bonds. The van der Waals surface area contributed by atoms with Crippen molar-refractivity contribution in [2.75, 3.05) is 45.1 Å². The molecule has 0 saturated carbocycles. The Balaban J connectivity index is 1.87. The van der Waals surface area contributed by atoms with Crippen molar-refractivity contribution in [3.05, 3.63) is 23.8 Å². The Labute approximate surface area is 133 Å². The van der Waals surface area contributed by atoms with E-state index in [0.717, 1.165) is 6.92 Å². The second kappa shape index (κ2) is 6.99. The molecular formula is C15H21F2N3O3. The van der Waals surface area contributed by atoms with Crippen molar-refractivity contribution in [2.45, 2.75) is 12.8 Å². The van der Waals surface area contributed by atoms with Crippen LogP contribution in [0.3, 0.4) is 0 Å². The van der Waals surface area contributed by atoms with Crippen molar-refractivity contribution in [1.29, 1.82) is 0 Å². The molecule has 6 nitrogen and oxygen atoms in total. The molecule has 3 N–H and O–H groups in total. The van der Waals surface area contributed by atoms with Gasteiger partial charge in [0.05, 0.1) is 5.56 Å². The molecule has 1 heterocycles. The molecule has 1 fully saturated rings. The average molecular weight is 329 g/mol. The molecule has 1 aliphatic rings. The highest BCUT2D eigenvalue weighted by molar-refractivity contribution is 5.65. The molecular weight excluding hydrogens is 308 g/mol. The van der Waals surface area contributed by atoms with Crippen molar-refractivity contribution < 1.29 is 23.4 Å². The van der Waals surface area contributed by atoms with Gasteiger partial charge in [-0.3, -0.25) is 4.90 Å². The molecule has 23 heavy (non-hydrogen) atoms. The predicted octanol–water partition coefficient (Wildman–Crippen LogP) is 2.05. The van der Waals surface area contributed by atoms with E-state index >= 15 is 0 Å². The lowest BCUT2D eigenvalue weighted by atomic mass is 10.1. The van der Waals surface area contributed by atoms with Gasteiger partial charge in [0.2, 0.25) is 0 Å². The summed E-state index contributed by atoms with van der Waals surface area (Å²) in [5.74, 6) is -2.91. The van der Waals surface area contributed by atoms with Gasteiger partial charge in [0, 0.05) is 45.3 Å². The monoisotopic (exact) mass is 329 g/mol. The van der Waals surface area contributed by atoms with Crippen LogP contribution in [0.4, 0.5) is 19.3 Å². The van der Waals surface area contributed by atoms with Gasteiger partial charge < -0.3 is 20.5 Å². The van der Waals surface area contributed by atoms with Gasteiger partial charge in [0.25, 0.3) is 5.92 Å². The average Bonchev–Trinajstić information content (AvgIpc) is 2.48. The molecule has 1 aliphatic heterocycles. The van der Waals surface area contributed by atoms with E-state index in [-0.39, 0.29) is 23.6 Å². The van der Waals surface area contributed by atoms with Gasteiger partial charge in [0.15, 0.2) is 0 Å². The zero-order valence-corrected chi connectivity index (χ0v) is 13.0. The molecule has 0 radical (unpaired) electrons. The predicted molar refractivity (Wildman–Crippen MR) is 82.0 cm³/mol. The number of nitrogen functional groups attached to an aromatic ring is 1. The number of piperazine rings is 1. The third-order valence-corrected chi connectivity index (χ3v) is 3.78. The maximum absolute atomic E-state index is 13.6. The Morgan fingerprint density at radius 3 is 2.57 bits per heavy atom. The van der Waals surface area contributed by atoms with Gasteiger partial charge in [-0.15, -0.1) is 0 Å². The lowest BCUT2D eigenvalue weighted by molar-refractivity contribution is 0.0142. The largest absolute Gasteiger partial charge is 0.492 e. The number of hydrogen-bond donors (Lipinski definition) is 2. The van der Waals surface area contributed by atoms with Crippen LogP contribution in [-0.2, 0) is 5.92 Å². The number of rotatable bonds is 5. The minimum atomic E-state index is -3.03. The number of carbonyl (C=O) groups is 1. The Morgan fingerprint density at radius 1 is 1.35 bits per heavy atom. The molecule has 1 saturated heterocycles. The van der Waals surface area contributed by atoms with E-state index in [1.54, 1.807) is 0 Å². The van der Waals surface area contributed by atoms with Gasteiger partial charge in [-0.05, 0) is 18.2 Å². The number of amides is 1. The van der Waals surface area contributed by atoms with Crippen molar-refractivity contribution in [3.63, 3.8) is 0 Å². The van der Waals surface area contributed by atoms with Crippen LogP contribution in [0.25, 0.3) is 0 Å². The van der Waals surface area contributed by atoms with Crippen molar-refractivity contribution in [3.8, 4) is 5.75 Å². The minimum Gasteiger partial charge on any atom is -0.492 e. The third-order valence-electron chi connectivity index (χ3n) is 3.78. The van der Waals surface area contributed by atoms with E-state index < -0.39 is 12.0 Å². The number of anilines is 1. The first kappa shape index (κ1) is 17.3. The Bertz CT molecular complexity index is 555. The summed E-state index contributed by atoms with van der Waals surface area (Å²) in [7, 11) is 0. The van der Waals surface area contributed by atoms with Crippen LogP contribution >= 0.6 is 0 Å². The van der Waals surface area contributed by atoms with Gasteiger partial charge in [-0.25, -0.2) is 13.6 Å². The van der Waals surface area contributed by atoms with Crippen LogP contribution < -0.4 is 10.5 Å². The van der Waals surface area contributed by atoms with Gasteiger partial charge in [0.1, 0.15) is 12.4 Å². The number of nitrogens with two attached hydrogens (primary N) is 1. The molecule has 1 aromatic rings. The van der Waals surface area contributed by atoms with Crippen molar-refractivity contribution in [2.24, 2.45) is 0 Å². The summed E-state index contributed by atoms with van der Waals surface area (Å²) < 4.78 is 32.7. The van der Waals surface area contributed by atoms with Crippen LogP contribution in [0.1, 0.15) is 12.5 Å². The normalized spacial score (nSPS) is 16.4. The number of hydrogen-bond acceptors (Lipinski definition) is 4. The lowest BCUT2D eigenvalue weighted by Gasteiger charge is -2.32. The quantitative estimate of drug-likeness (QED) is 0.809. The summed E-state index contributed by atoms with van der Waals surface area (Å²) in [6.07, 6.45) is -0.919. The Kier molecular flexibility index (Phi) is 5.25. The summed E-state index contributed by atoms with van der Waals surface area (Å²) in [4.78, 5) is 14.2. The third kappa shape index (κ3) is 4.69. The van der Waals surface area contributed by atoms with E-state index in [9.17, 15) is 13.6 Å². The zero-order chi connectivity index (χ0) is 17.0. The zero-order valence-electron chi connectivity index (χ0n) is 13.0. The van der Waals surface area contributed by atoms with E-state index in [0.29, 0.717) is 32.7 Å². The topological polar surface area (TPSA) is 79.0 Å². The van der Waals surface area contributed by atoms with Crippen LogP contribution in [0.2, 0.25) is 0 Å². The SMILES string of the molecule is CC(F)(F)c1cc(N)ccc1OCCN1CCN(C(=O)O)CC1. The van der Waals surface area contributed by atoms with Crippen molar-refractivity contribution >= 4 is 11.8 Å². The highest BCUT2D eigenvalue weighted by Crippen LogP contribution is 2.35. The maximum Gasteiger partial charge on any atom is 0.407 e. The van der Waals surface area contributed by atoms with Crippen LogP contribution in [0.5, 0.6) is 5.75 Å². The second-order valence-electron chi connectivity index (χ2n) is 5.60.